The maximum absolute atomic E-state index is 13.8. The average molecular weight is 723 g/mol. The third-order valence-electron chi connectivity index (χ3n) is 7.78. The monoisotopic (exact) mass is 722 g/mol. The minimum absolute atomic E-state index is 0.0226. The Morgan fingerprint density at radius 2 is 1.61 bits per heavy atom. The highest BCUT2D eigenvalue weighted by Gasteiger charge is 2.40. The smallest absolute Gasteiger partial charge is 0.332 e. The van der Waals surface area contributed by atoms with E-state index in [1.165, 1.54) is 11.0 Å². The molecule has 0 bridgehead atoms. The highest BCUT2D eigenvalue weighted by atomic mass is 32.1. The fourth-order valence-electron chi connectivity index (χ4n) is 5.09. The summed E-state index contributed by atoms with van der Waals surface area (Å²) in [5.74, 6) is -2.03. The summed E-state index contributed by atoms with van der Waals surface area (Å²) in [6.07, 6.45) is 0.311. The molecule has 1 aromatic heterocycles. The van der Waals surface area contributed by atoms with Gasteiger partial charge in [-0.2, -0.15) is 0 Å². The fraction of sp³-hybridized carbons (Fsp3) is 0.432. The van der Waals surface area contributed by atoms with E-state index in [1.54, 1.807) is 37.6 Å². The van der Waals surface area contributed by atoms with Crippen molar-refractivity contribution in [2.24, 2.45) is 5.41 Å². The zero-order valence-corrected chi connectivity index (χ0v) is 30.2. The summed E-state index contributed by atoms with van der Waals surface area (Å²) in [5, 5.41) is 15.9. The molecular weight excluding hydrogens is 676 g/mol. The molecule has 2 heterocycles. The topological polar surface area (TPSA) is 166 Å². The number of benzene rings is 2. The van der Waals surface area contributed by atoms with Gasteiger partial charge in [0.25, 0.3) is 5.91 Å². The van der Waals surface area contributed by atoms with Gasteiger partial charge in [-0.25, -0.2) is 9.78 Å². The number of amides is 3. The molecule has 0 spiro atoms. The number of thiazole rings is 1. The number of β-amino-alcohol motifs (C(OH)–C–C–N with tert-alkyl or cyclic N) is 1. The molecule has 3 aromatic rings. The molecule has 274 valence electrons. The lowest BCUT2D eigenvalue weighted by atomic mass is 9.85. The second-order valence-corrected chi connectivity index (χ2v) is 13.8. The van der Waals surface area contributed by atoms with E-state index in [0.29, 0.717) is 0 Å². The van der Waals surface area contributed by atoms with Crippen LogP contribution >= 0.6 is 11.3 Å². The number of hydrogen-bond acceptors (Lipinski definition) is 11. The van der Waals surface area contributed by atoms with E-state index in [-0.39, 0.29) is 65.0 Å². The number of carbonyl (C=O) groups is 4. The molecule has 1 aliphatic rings. The Kier molecular flexibility index (Phi) is 14.8. The Bertz CT molecular complexity index is 1640. The lowest BCUT2D eigenvalue weighted by molar-refractivity contribution is -0.150. The molecule has 0 aliphatic carbocycles. The van der Waals surface area contributed by atoms with Gasteiger partial charge in [-0.1, -0.05) is 75.4 Å². The van der Waals surface area contributed by atoms with Crippen LogP contribution in [0.15, 0.2) is 71.9 Å². The Morgan fingerprint density at radius 3 is 2.25 bits per heavy atom. The molecule has 0 radical (unpaired) electrons. The van der Waals surface area contributed by atoms with Crippen LogP contribution in [0.4, 0.5) is 0 Å². The van der Waals surface area contributed by atoms with Gasteiger partial charge in [-0.15, -0.1) is 11.3 Å². The van der Waals surface area contributed by atoms with Gasteiger partial charge in [0.2, 0.25) is 11.8 Å². The molecule has 0 saturated heterocycles. The lowest BCUT2D eigenvalue weighted by Crippen LogP contribution is -2.55. The number of aliphatic hydroxyl groups excluding tert-OH is 1. The molecule has 2 atom stereocenters. The molecule has 3 N–H and O–H groups in total. The number of hydrogen-bond donors (Lipinski definition) is 3. The van der Waals surface area contributed by atoms with Crippen molar-refractivity contribution in [3.8, 4) is 10.4 Å². The summed E-state index contributed by atoms with van der Waals surface area (Å²) in [6.45, 7) is 7.79. The van der Waals surface area contributed by atoms with Gasteiger partial charge < -0.3 is 39.6 Å². The molecular formula is C37H46N4O9S. The highest BCUT2D eigenvalue weighted by molar-refractivity contribution is 7.13. The van der Waals surface area contributed by atoms with E-state index in [0.717, 1.165) is 27.3 Å². The Labute approximate surface area is 301 Å². The number of nitrogens with one attached hydrogen (secondary N) is 2. The van der Waals surface area contributed by atoms with E-state index in [9.17, 15) is 24.3 Å². The molecule has 0 fully saturated rings. The van der Waals surface area contributed by atoms with Crippen LogP contribution in [0.2, 0.25) is 0 Å². The van der Waals surface area contributed by atoms with Crippen LogP contribution in [-0.4, -0.2) is 97.0 Å². The number of rotatable bonds is 18. The van der Waals surface area contributed by atoms with Gasteiger partial charge in [0.1, 0.15) is 31.6 Å². The van der Waals surface area contributed by atoms with Crippen molar-refractivity contribution < 1.29 is 43.2 Å². The quantitative estimate of drug-likeness (QED) is 0.131. The van der Waals surface area contributed by atoms with Crippen molar-refractivity contribution in [1.82, 2.24) is 20.5 Å². The van der Waals surface area contributed by atoms with Crippen LogP contribution < -0.4 is 10.6 Å². The second-order valence-electron chi connectivity index (χ2n) is 12.9. The maximum Gasteiger partial charge on any atom is 0.332 e. The van der Waals surface area contributed by atoms with Gasteiger partial charge in [-0.05, 0) is 35.1 Å². The molecule has 14 heteroatoms. The van der Waals surface area contributed by atoms with Crippen molar-refractivity contribution in [2.75, 3.05) is 46.2 Å². The summed E-state index contributed by atoms with van der Waals surface area (Å²) in [5.41, 5.74) is 4.84. The standard InChI is InChI=1S/C37H46N4O9S/c1-25-33(51-24-39-25)28-12-10-26(11-13-28)19-38-35(45)30-18-29(42)20-41(30)36(46)34(37(2,3)4)40-31(43)22-48-16-14-47-15-17-49-23-32(44)50-21-27-8-6-5-7-9-27/h5-13,18,24,29,34,42H,14-17,19-23H2,1-4H3,(H,38,45)(H,40,43)/t29-,34?/m1/s1. The molecule has 13 nitrogen and oxygen atoms in total. The number of carbonyl (C=O) groups excluding carboxylic acids is 4. The fourth-order valence-corrected chi connectivity index (χ4v) is 5.90. The summed E-state index contributed by atoms with van der Waals surface area (Å²) >= 11 is 1.56. The highest BCUT2D eigenvalue weighted by Crippen LogP contribution is 2.28. The molecule has 3 amide bonds. The summed E-state index contributed by atoms with van der Waals surface area (Å²) < 4.78 is 21.2. The van der Waals surface area contributed by atoms with Crippen molar-refractivity contribution in [1.29, 1.82) is 0 Å². The Hall–Kier alpha value is -4.47. The van der Waals surface area contributed by atoms with Gasteiger partial charge >= 0.3 is 5.97 Å². The average Bonchev–Trinajstić information content (AvgIpc) is 3.73. The summed E-state index contributed by atoms with van der Waals surface area (Å²) in [4.78, 5) is 58.2. The van der Waals surface area contributed by atoms with Gasteiger partial charge in [0, 0.05) is 6.54 Å². The predicted octanol–water partition coefficient (Wildman–Crippen LogP) is 3.15. The molecule has 1 unspecified atom stereocenters. The largest absolute Gasteiger partial charge is 0.459 e. The van der Waals surface area contributed by atoms with Crippen molar-refractivity contribution in [3.63, 3.8) is 0 Å². The molecule has 1 aliphatic heterocycles. The summed E-state index contributed by atoms with van der Waals surface area (Å²) in [7, 11) is 0. The number of ether oxygens (including phenoxy) is 4. The molecule has 51 heavy (non-hydrogen) atoms. The number of aliphatic hydroxyl groups is 1. The number of esters is 1. The van der Waals surface area contributed by atoms with E-state index in [1.807, 2.05) is 61.5 Å². The molecule has 2 aromatic carbocycles. The van der Waals surface area contributed by atoms with Crippen LogP contribution in [0.5, 0.6) is 0 Å². The zero-order chi connectivity index (χ0) is 36.8. The number of nitrogens with zero attached hydrogens (tertiary/aromatic N) is 2. The summed E-state index contributed by atoms with van der Waals surface area (Å²) in [6, 6.07) is 16.1. The zero-order valence-electron chi connectivity index (χ0n) is 29.4. The van der Waals surface area contributed by atoms with Crippen LogP contribution in [0.1, 0.15) is 37.6 Å². The minimum atomic E-state index is -1.03. The van der Waals surface area contributed by atoms with Crippen LogP contribution in [-0.2, 0) is 51.3 Å². The first-order chi connectivity index (χ1) is 24.4. The number of aryl methyl sites for hydroxylation is 1. The van der Waals surface area contributed by atoms with E-state index >= 15 is 0 Å². The van der Waals surface area contributed by atoms with Crippen LogP contribution in [0.25, 0.3) is 10.4 Å². The second kappa shape index (κ2) is 19.2. The van der Waals surface area contributed by atoms with Gasteiger partial charge in [0.15, 0.2) is 0 Å². The van der Waals surface area contributed by atoms with Crippen molar-refractivity contribution >= 4 is 35.0 Å². The van der Waals surface area contributed by atoms with Crippen LogP contribution in [0, 0.1) is 12.3 Å². The van der Waals surface area contributed by atoms with Gasteiger partial charge in [-0.3, -0.25) is 14.4 Å². The van der Waals surface area contributed by atoms with E-state index in [4.69, 9.17) is 18.9 Å². The van der Waals surface area contributed by atoms with Crippen molar-refractivity contribution in [2.45, 2.75) is 53.0 Å². The Morgan fingerprint density at radius 1 is 0.941 bits per heavy atom. The van der Waals surface area contributed by atoms with E-state index < -0.39 is 41.3 Å². The number of aromatic nitrogens is 1. The lowest BCUT2D eigenvalue weighted by Gasteiger charge is -2.34. The molecule has 0 saturated carbocycles. The third-order valence-corrected chi connectivity index (χ3v) is 8.76. The SMILES string of the molecule is Cc1ncsc1-c1ccc(CNC(=O)C2=C[C@@H](O)CN2C(=O)C(NC(=O)COCCOCCOCC(=O)OCc2ccccc2)C(C)(C)C)cc1. The third kappa shape index (κ3) is 12.4. The van der Waals surface area contributed by atoms with Crippen molar-refractivity contribution in [3.05, 3.63) is 88.7 Å². The molecule has 4 rings (SSSR count). The maximum atomic E-state index is 13.8. The minimum Gasteiger partial charge on any atom is -0.459 e. The first-order valence-electron chi connectivity index (χ1n) is 16.6. The van der Waals surface area contributed by atoms with Crippen LogP contribution in [0.3, 0.4) is 0 Å². The van der Waals surface area contributed by atoms with E-state index in [2.05, 4.69) is 15.6 Å². The Balaban J connectivity index is 1.16. The first kappa shape index (κ1) is 39.3. The normalized spacial score (nSPS) is 14.9. The van der Waals surface area contributed by atoms with Gasteiger partial charge in [0.05, 0.1) is 55.2 Å². The predicted molar refractivity (Wildman–Crippen MR) is 190 cm³/mol. The first-order valence-corrected chi connectivity index (χ1v) is 17.5.